The molecule has 2 N–H and O–H groups in total. The number of hydrogen-bond donors (Lipinski definition) is 1. The van der Waals surface area contributed by atoms with Crippen LogP contribution in [0.25, 0.3) is 10.9 Å². The summed E-state index contributed by atoms with van der Waals surface area (Å²) >= 11 is 0. The minimum absolute atomic E-state index is 0.0621. The Morgan fingerprint density at radius 2 is 1.97 bits per heavy atom. The van der Waals surface area contributed by atoms with Crippen LogP contribution < -0.4 is 20.9 Å². The van der Waals surface area contributed by atoms with Gasteiger partial charge in [-0.15, -0.1) is 0 Å². The minimum Gasteiger partial charge on any atom is -0.492 e. The monoisotopic (exact) mass is 425 g/mol. The molecule has 2 saturated heterocycles. The fraction of sp³-hybridized carbons (Fsp3) is 0.640. The van der Waals surface area contributed by atoms with Crippen LogP contribution in [-0.4, -0.2) is 43.5 Å². The molecule has 0 spiro atoms. The lowest BCUT2D eigenvalue weighted by atomic mass is 10.0. The summed E-state index contributed by atoms with van der Waals surface area (Å²) in [5.74, 6) is 1.75. The fourth-order valence-corrected chi connectivity index (χ4v) is 5.28. The van der Waals surface area contributed by atoms with Crippen molar-refractivity contribution in [3.8, 4) is 5.75 Å². The second kappa shape index (κ2) is 8.47. The molecule has 31 heavy (non-hydrogen) atoms. The van der Waals surface area contributed by atoms with Gasteiger partial charge in [-0.2, -0.15) is 0 Å². The Morgan fingerprint density at radius 3 is 2.65 bits per heavy atom. The topological polar surface area (TPSA) is 69.7 Å². The number of anilines is 1. The van der Waals surface area contributed by atoms with E-state index in [2.05, 4.69) is 30.9 Å². The van der Waals surface area contributed by atoms with Gasteiger partial charge in [-0.3, -0.25) is 4.79 Å². The van der Waals surface area contributed by atoms with Gasteiger partial charge in [0.05, 0.1) is 12.1 Å². The Balaban J connectivity index is 1.52. The van der Waals surface area contributed by atoms with Crippen LogP contribution in [0, 0.1) is 18.8 Å². The first-order valence-corrected chi connectivity index (χ1v) is 11.9. The average molecular weight is 426 g/mol. The van der Waals surface area contributed by atoms with E-state index in [-0.39, 0.29) is 11.6 Å². The molecule has 3 aliphatic rings. The molecule has 3 fully saturated rings. The van der Waals surface area contributed by atoms with E-state index in [1.165, 1.54) is 11.3 Å². The van der Waals surface area contributed by atoms with E-state index < -0.39 is 0 Å². The molecule has 6 heteroatoms. The highest BCUT2D eigenvalue weighted by Crippen LogP contribution is 2.41. The highest BCUT2D eigenvalue weighted by atomic mass is 16.5. The number of aryl methyl sites for hydroxylation is 1. The molecule has 1 aliphatic carbocycles. The van der Waals surface area contributed by atoms with Crippen LogP contribution in [0.4, 0.5) is 5.69 Å². The molecule has 0 bridgehead atoms. The number of benzene rings is 1. The third-order valence-corrected chi connectivity index (χ3v) is 7.44. The van der Waals surface area contributed by atoms with Crippen molar-refractivity contribution >= 4 is 16.6 Å². The van der Waals surface area contributed by atoms with Crippen LogP contribution in [0.1, 0.15) is 50.6 Å². The first-order valence-electron chi connectivity index (χ1n) is 11.9. The number of ether oxygens (including phenoxy) is 2. The molecule has 0 radical (unpaired) electrons. The van der Waals surface area contributed by atoms with Gasteiger partial charge in [-0.25, -0.2) is 0 Å². The normalized spacial score (nSPS) is 23.5. The van der Waals surface area contributed by atoms with E-state index in [9.17, 15) is 4.79 Å². The van der Waals surface area contributed by atoms with Crippen LogP contribution in [0.15, 0.2) is 23.0 Å². The Hall–Kier alpha value is -2.05. The standard InChI is InChI=1S/C25H35N3O3/c1-16-22(27-10-7-19(14-27)17(2)26)6-5-21-23(31-15-18-8-11-30-12-9-18)13-24(29)28(25(16)21)20-3-4-20/h5-6,13,17-20H,3-4,7-12,14-15,26H2,1-2H3/t17-,19?/m0/s1. The van der Waals surface area contributed by atoms with E-state index in [1.807, 2.05) is 4.57 Å². The van der Waals surface area contributed by atoms with Gasteiger partial charge in [0, 0.05) is 55.5 Å². The fourth-order valence-electron chi connectivity index (χ4n) is 5.28. The third-order valence-electron chi connectivity index (χ3n) is 7.44. The van der Waals surface area contributed by atoms with Crippen LogP contribution in [0.3, 0.4) is 0 Å². The van der Waals surface area contributed by atoms with Crippen molar-refractivity contribution in [3.05, 3.63) is 34.1 Å². The van der Waals surface area contributed by atoms with Crippen molar-refractivity contribution in [2.45, 2.75) is 58.0 Å². The Morgan fingerprint density at radius 1 is 1.19 bits per heavy atom. The average Bonchev–Trinajstić information content (AvgIpc) is 3.48. The lowest BCUT2D eigenvalue weighted by Gasteiger charge is -2.25. The van der Waals surface area contributed by atoms with Crippen LogP contribution in [-0.2, 0) is 4.74 Å². The molecule has 2 aliphatic heterocycles. The molecule has 2 atom stereocenters. The number of fused-ring (bicyclic) bond motifs is 1. The van der Waals surface area contributed by atoms with Crippen molar-refractivity contribution in [3.63, 3.8) is 0 Å². The van der Waals surface area contributed by atoms with Crippen molar-refractivity contribution < 1.29 is 9.47 Å². The summed E-state index contributed by atoms with van der Waals surface area (Å²) < 4.78 is 13.8. The zero-order chi connectivity index (χ0) is 21.5. The number of nitrogens with two attached hydrogens (primary N) is 1. The largest absolute Gasteiger partial charge is 0.492 e. The Kier molecular flexibility index (Phi) is 5.69. The van der Waals surface area contributed by atoms with Crippen molar-refractivity contribution in [1.29, 1.82) is 0 Å². The highest BCUT2D eigenvalue weighted by Gasteiger charge is 2.30. The maximum Gasteiger partial charge on any atom is 0.255 e. The van der Waals surface area contributed by atoms with E-state index >= 15 is 0 Å². The minimum atomic E-state index is 0.0621. The Bertz CT molecular complexity index is 1010. The smallest absolute Gasteiger partial charge is 0.255 e. The first kappa shape index (κ1) is 20.8. The number of nitrogens with zero attached hydrogens (tertiary/aromatic N) is 2. The van der Waals surface area contributed by atoms with Gasteiger partial charge in [0.15, 0.2) is 0 Å². The van der Waals surface area contributed by atoms with Crippen molar-refractivity contribution in [2.24, 2.45) is 17.6 Å². The SMILES string of the molecule is Cc1c(N2CCC([C@H](C)N)C2)ccc2c(OCC3CCOCC3)cc(=O)n(C3CC3)c12. The summed E-state index contributed by atoms with van der Waals surface area (Å²) in [5, 5.41) is 1.06. The van der Waals surface area contributed by atoms with Gasteiger partial charge in [-0.1, -0.05) is 0 Å². The molecule has 2 aromatic rings. The van der Waals surface area contributed by atoms with Gasteiger partial charge in [0.25, 0.3) is 5.56 Å². The van der Waals surface area contributed by atoms with Crippen molar-refractivity contribution in [2.75, 3.05) is 37.8 Å². The molecule has 0 amide bonds. The van der Waals surface area contributed by atoms with Crippen molar-refractivity contribution in [1.82, 2.24) is 4.57 Å². The maximum atomic E-state index is 13.1. The summed E-state index contributed by atoms with van der Waals surface area (Å²) in [6.07, 6.45) is 5.33. The Labute approximate surface area is 184 Å². The van der Waals surface area contributed by atoms with Crippen LogP contribution in [0.2, 0.25) is 0 Å². The molecule has 1 unspecified atom stereocenters. The maximum absolute atomic E-state index is 13.1. The summed E-state index contributed by atoms with van der Waals surface area (Å²) in [4.78, 5) is 15.6. The number of hydrogen-bond acceptors (Lipinski definition) is 5. The number of aromatic nitrogens is 1. The van der Waals surface area contributed by atoms with Gasteiger partial charge in [0.2, 0.25) is 0 Å². The predicted molar refractivity (Wildman–Crippen MR) is 124 cm³/mol. The lowest BCUT2D eigenvalue weighted by molar-refractivity contribution is 0.0499. The van der Waals surface area contributed by atoms with E-state index in [4.69, 9.17) is 15.2 Å². The van der Waals surface area contributed by atoms with Crippen LogP contribution in [0.5, 0.6) is 5.75 Å². The lowest BCUT2D eigenvalue weighted by Crippen LogP contribution is -2.30. The molecule has 5 rings (SSSR count). The summed E-state index contributed by atoms with van der Waals surface area (Å²) in [6, 6.07) is 6.62. The summed E-state index contributed by atoms with van der Waals surface area (Å²) in [7, 11) is 0. The molecule has 6 nitrogen and oxygen atoms in total. The summed E-state index contributed by atoms with van der Waals surface area (Å²) in [5.41, 5.74) is 9.70. The molecular weight excluding hydrogens is 390 g/mol. The van der Waals surface area contributed by atoms with Gasteiger partial charge in [0.1, 0.15) is 5.75 Å². The van der Waals surface area contributed by atoms with Gasteiger partial charge >= 0.3 is 0 Å². The zero-order valence-corrected chi connectivity index (χ0v) is 18.8. The second-order valence-electron chi connectivity index (χ2n) is 9.77. The first-order chi connectivity index (χ1) is 15.0. The van der Waals surface area contributed by atoms with E-state index in [1.54, 1.807) is 6.07 Å². The van der Waals surface area contributed by atoms with Gasteiger partial charge in [-0.05, 0) is 75.5 Å². The van der Waals surface area contributed by atoms with E-state index in [0.717, 1.165) is 75.1 Å². The number of rotatable bonds is 6. The molecule has 3 heterocycles. The molecule has 168 valence electrons. The summed E-state index contributed by atoms with van der Waals surface area (Å²) in [6.45, 7) is 8.53. The quantitative estimate of drug-likeness (QED) is 0.765. The van der Waals surface area contributed by atoms with E-state index in [0.29, 0.717) is 24.5 Å². The zero-order valence-electron chi connectivity index (χ0n) is 18.8. The predicted octanol–water partition coefficient (Wildman–Crippen LogP) is 3.62. The second-order valence-corrected chi connectivity index (χ2v) is 9.77. The van der Waals surface area contributed by atoms with Crippen LogP contribution >= 0.6 is 0 Å². The third kappa shape index (κ3) is 4.08. The highest BCUT2D eigenvalue weighted by molar-refractivity contribution is 5.92. The molecule has 1 aromatic heterocycles. The number of pyridine rings is 1. The molecular formula is C25H35N3O3. The molecule has 1 saturated carbocycles. The molecule has 1 aromatic carbocycles. The van der Waals surface area contributed by atoms with Gasteiger partial charge < -0.3 is 24.7 Å².